The maximum absolute atomic E-state index is 11.8. The summed E-state index contributed by atoms with van der Waals surface area (Å²) in [5, 5.41) is 2.82. The van der Waals surface area contributed by atoms with Crippen LogP contribution >= 0.6 is 15.9 Å². The van der Waals surface area contributed by atoms with E-state index in [1.807, 2.05) is 25.1 Å². The number of halogens is 1. The summed E-state index contributed by atoms with van der Waals surface area (Å²) in [6.45, 7) is 6.10. The SMILES string of the molecule is Cc1ccc(NC(=O)[C@H](N)CC(C)C)cc1Br. The Kier molecular flexibility index (Phi) is 5.15. The highest BCUT2D eigenvalue weighted by molar-refractivity contribution is 9.10. The third-order valence-electron chi connectivity index (χ3n) is 2.50. The van der Waals surface area contributed by atoms with Gasteiger partial charge in [-0.1, -0.05) is 35.8 Å². The molecule has 0 aromatic heterocycles. The molecular formula is C13H19BrN2O. The molecule has 3 N–H and O–H groups in total. The maximum atomic E-state index is 11.8. The molecule has 1 atom stereocenters. The zero-order valence-corrected chi connectivity index (χ0v) is 12.0. The molecule has 0 aliphatic rings. The summed E-state index contributed by atoms with van der Waals surface area (Å²) in [4.78, 5) is 11.8. The number of carbonyl (C=O) groups excluding carboxylic acids is 1. The van der Waals surface area contributed by atoms with Crippen molar-refractivity contribution in [3.63, 3.8) is 0 Å². The van der Waals surface area contributed by atoms with Crippen molar-refractivity contribution in [1.82, 2.24) is 0 Å². The van der Waals surface area contributed by atoms with Gasteiger partial charge in [-0.25, -0.2) is 0 Å². The molecule has 0 bridgehead atoms. The van der Waals surface area contributed by atoms with Gasteiger partial charge < -0.3 is 11.1 Å². The monoisotopic (exact) mass is 298 g/mol. The first-order valence-corrected chi connectivity index (χ1v) is 6.52. The van der Waals surface area contributed by atoms with Gasteiger partial charge >= 0.3 is 0 Å². The third kappa shape index (κ3) is 4.48. The first-order chi connectivity index (χ1) is 7.90. The molecule has 1 amide bonds. The number of benzene rings is 1. The number of amides is 1. The average Bonchev–Trinajstić information content (AvgIpc) is 2.22. The van der Waals surface area contributed by atoms with E-state index in [0.29, 0.717) is 12.3 Å². The van der Waals surface area contributed by atoms with Crippen LogP contribution in [0.4, 0.5) is 5.69 Å². The fourth-order valence-electron chi connectivity index (χ4n) is 1.52. The molecule has 3 nitrogen and oxygen atoms in total. The lowest BCUT2D eigenvalue weighted by Gasteiger charge is -2.14. The van der Waals surface area contributed by atoms with E-state index in [0.717, 1.165) is 15.7 Å². The van der Waals surface area contributed by atoms with Crippen LogP contribution in [0, 0.1) is 12.8 Å². The Balaban J connectivity index is 2.64. The predicted molar refractivity (Wildman–Crippen MR) is 74.9 cm³/mol. The Morgan fingerprint density at radius 2 is 2.12 bits per heavy atom. The molecule has 0 aliphatic carbocycles. The summed E-state index contributed by atoms with van der Waals surface area (Å²) in [6, 6.07) is 5.26. The van der Waals surface area contributed by atoms with Crippen molar-refractivity contribution < 1.29 is 4.79 Å². The smallest absolute Gasteiger partial charge is 0.241 e. The number of aryl methyl sites for hydroxylation is 1. The highest BCUT2D eigenvalue weighted by atomic mass is 79.9. The summed E-state index contributed by atoms with van der Waals surface area (Å²) in [5.41, 5.74) is 7.71. The van der Waals surface area contributed by atoms with Crippen molar-refractivity contribution >= 4 is 27.5 Å². The topological polar surface area (TPSA) is 55.1 Å². The molecule has 0 aliphatic heterocycles. The first-order valence-electron chi connectivity index (χ1n) is 5.72. The van der Waals surface area contributed by atoms with Gasteiger partial charge in [0.25, 0.3) is 0 Å². The lowest BCUT2D eigenvalue weighted by molar-refractivity contribution is -0.117. The lowest BCUT2D eigenvalue weighted by atomic mass is 10.0. The molecule has 0 heterocycles. The molecule has 4 heteroatoms. The standard InChI is InChI=1S/C13H19BrN2O/c1-8(2)6-12(15)13(17)16-10-5-4-9(3)11(14)7-10/h4-5,7-8,12H,6,15H2,1-3H3,(H,16,17)/t12-/m1/s1. The molecule has 0 saturated heterocycles. The number of carbonyl (C=O) groups is 1. The third-order valence-corrected chi connectivity index (χ3v) is 3.36. The highest BCUT2D eigenvalue weighted by Gasteiger charge is 2.15. The maximum Gasteiger partial charge on any atom is 0.241 e. The number of anilines is 1. The molecule has 0 saturated carbocycles. The molecule has 17 heavy (non-hydrogen) atoms. The molecule has 1 aromatic rings. The van der Waals surface area contributed by atoms with Gasteiger partial charge in [0.1, 0.15) is 0 Å². The largest absolute Gasteiger partial charge is 0.325 e. The van der Waals surface area contributed by atoms with Gasteiger partial charge in [-0.2, -0.15) is 0 Å². The van der Waals surface area contributed by atoms with Crippen LogP contribution in [0.5, 0.6) is 0 Å². The van der Waals surface area contributed by atoms with Crippen LogP contribution in [0.25, 0.3) is 0 Å². The van der Waals surface area contributed by atoms with Crippen LogP contribution in [0.15, 0.2) is 22.7 Å². The summed E-state index contributed by atoms with van der Waals surface area (Å²) < 4.78 is 0.979. The van der Waals surface area contributed by atoms with Gasteiger partial charge in [0.05, 0.1) is 6.04 Å². The molecule has 0 unspecified atom stereocenters. The summed E-state index contributed by atoms with van der Waals surface area (Å²) >= 11 is 3.43. The zero-order chi connectivity index (χ0) is 13.0. The molecule has 94 valence electrons. The second kappa shape index (κ2) is 6.17. The average molecular weight is 299 g/mol. The Morgan fingerprint density at radius 3 is 2.65 bits per heavy atom. The number of rotatable bonds is 4. The van der Waals surface area contributed by atoms with Gasteiger partial charge in [-0.05, 0) is 37.0 Å². The number of hydrogen-bond acceptors (Lipinski definition) is 2. The highest BCUT2D eigenvalue weighted by Crippen LogP contribution is 2.20. The summed E-state index contributed by atoms with van der Waals surface area (Å²) in [6.07, 6.45) is 0.693. The minimum atomic E-state index is -0.449. The van der Waals surface area contributed by atoms with Gasteiger partial charge in [0.2, 0.25) is 5.91 Å². The summed E-state index contributed by atoms with van der Waals surface area (Å²) in [7, 11) is 0. The van der Waals surface area contributed by atoms with Crippen LogP contribution in [-0.2, 0) is 4.79 Å². The molecule has 1 rings (SSSR count). The predicted octanol–water partition coefficient (Wildman–Crippen LogP) is 3.07. The Morgan fingerprint density at radius 1 is 1.47 bits per heavy atom. The minimum Gasteiger partial charge on any atom is -0.325 e. The van der Waals surface area contributed by atoms with Crippen LogP contribution in [0.2, 0.25) is 0 Å². The van der Waals surface area contributed by atoms with E-state index in [2.05, 4.69) is 35.1 Å². The molecule has 1 aromatic carbocycles. The van der Waals surface area contributed by atoms with Gasteiger partial charge in [0.15, 0.2) is 0 Å². The Bertz CT molecular complexity index is 404. The van der Waals surface area contributed by atoms with E-state index in [9.17, 15) is 4.79 Å². The van der Waals surface area contributed by atoms with Crippen LogP contribution in [0.3, 0.4) is 0 Å². The van der Waals surface area contributed by atoms with E-state index < -0.39 is 6.04 Å². The van der Waals surface area contributed by atoms with Crippen molar-refractivity contribution in [2.24, 2.45) is 11.7 Å². The molecule has 0 fully saturated rings. The number of nitrogens with two attached hydrogens (primary N) is 1. The van der Waals surface area contributed by atoms with E-state index in [1.165, 1.54) is 0 Å². The van der Waals surface area contributed by atoms with Crippen LogP contribution < -0.4 is 11.1 Å². The normalized spacial score (nSPS) is 12.6. The molecule has 0 spiro atoms. The fraction of sp³-hybridized carbons (Fsp3) is 0.462. The van der Waals surface area contributed by atoms with Gasteiger partial charge in [-0.3, -0.25) is 4.79 Å². The van der Waals surface area contributed by atoms with E-state index in [-0.39, 0.29) is 5.91 Å². The van der Waals surface area contributed by atoms with E-state index in [4.69, 9.17) is 5.73 Å². The van der Waals surface area contributed by atoms with Crippen molar-refractivity contribution in [2.75, 3.05) is 5.32 Å². The Labute approximate surface area is 111 Å². The van der Waals surface area contributed by atoms with Crippen LogP contribution in [0.1, 0.15) is 25.8 Å². The second-order valence-electron chi connectivity index (χ2n) is 4.69. The van der Waals surface area contributed by atoms with Crippen LogP contribution in [-0.4, -0.2) is 11.9 Å². The first kappa shape index (κ1) is 14.2. The van der Waals surface area contributed by atoms with Gasteiger partial charge in [-0.15, -0.1) is 0 Å². The Hall–Kier alpha value is -0.870. The van der Waals surface area contributed by atoms with E-state index in [1.54, 1.807) is 0 Å². The fourth-order valence-corrected chi connectivity index (χ4v) is 1.90. The minimum absolute atomic E-state index is 0.130. The second-order valence-corrected chi connectivity index (χ2v) is 5.54. The summed E-state index contributed by atoms with van der Waals surface area (Å²) in [5.74, 6) is 0.287. The zero-order valence-electron chi connectivity index (χ0n) is 10.5. The lowest BCUT2D eigenvalue weighted by Crippen LogP contribution is -2.36. The van der Waals surface area contributed by atoms with Crippen molar-refractivity contribution in [1.29, 1.82) is 0 Å². The van der Waals surface area contributed by atoms with Crippen molar-refractivity contribution in [2.45, 2.75) is 33.2 Å². The molecular weight excluding hydrogens is 280 g/mol. The molecule has 0 radical (unpaired) electrons. The number of hydrogen-bond donors (Lipinski definition) is 2. The van der Waals surface area contributed by atoms with E-state index >= 15 is 0 Å². The van der Waals surface area contributed by atoms with Gasteiger partial charge in [0, 0.05) is 10.2 Å². The van der Waals surface area contributed by atoms with Crippen molar-refractivity contribution in [3.8, 4) is 0 Å². The quantitative estimate of drug-likeness (QED) is 0.897. The van der Waals surface area contributed by atoms with Crippen molar-refractivity contribution in [3.05, 3.63) is 28.2 Å². The number of nitrogens with one attached hydrogen (secondary N) is 1.